The molecule has 0 fully saturated rings. The molecule has 0 saturated heterocycles. The van der Waals surface area contributed by atoms with Gasteiger partial charge in [0.15, 0.2) is 0 Å². The second-order valence-corrected chi connectivity index (χ2v) is 4.59. The molecule has 0 aliphatic carbocycles. The standard InChI is InChI=1S/C14H22N4/c1-4-17(5-2)9-10-18-13-11(3)7-6-8-12(13)16-14(18)15/h6-8H,4-5,9-10H2,1-3H3,(H2,15,16). The summed E-state index contributed by atoms with van der Waals surface area (Å²) in [6.45, 7) is 10.5. The molecule has 1 aromatic carbocycles. The molecule has 4 heteroatoms. The largest absolute Gasteiger partial charge is 0.369 e. The predicted molar refractivity (Wildman–Crippen MR) is 76.7 cm³/mol. The lowest BCUT2D eigenvalue weighted by Crippen LogP contribution is -2.27. The fraction of sp³-hybridized carbons (Fsp3) is 0.500. The third-order valence-electron chi connectivity index (χ3n) is 3.53. The Morgan fingerprint density at radius 2 is 2.00 bits per heavy atom. The second kappa shape index (κ2) is 5.40. The van der Waals surface area contributed by atoms with Gasteiger partial charge in [-0.3, -0.25) is 0 Å². The first-order chi connectivity index (χ1) is 8.67. The molecule has 1 aromatic heterocycles. The van der Waals surface area contributed by atoms with Crippen molar-refractivity contribution in [2.24, 2.45) is 0 Å². The van der Waals surface area contributed by atoms with Crippen LogP contribution in [0.1, 0.15) is 19.4 Å². The van der Waals surface area contributed by atoms with Crippen molar-refractivity contribution in [1.29, 1.82) is 0 Å². The number of hydrogen-bond donors (Lipinski definition) is 1. The van der Waals surface area contributed by atoms with Crippen molar-refractivity contribution in [3.8, 4) is 0 Å². The van der Waals surface area contributed by atoms with Gasteiger partial charge in [0.2, 0.25) is 5.95 Å². The molecule has 0 aliphatic rings. The van der Waals surface area contributed by atoms with Gasteiger partial charge in [-0.25, -0.2) is 4.98 Å². The molecule has 0 bridgehead atoms. The van der Waals surface area contributed by atoms with Crippen LogP contribution in [0.3, 0.4) is 0 Å². The number of imidazole rings is 1. The molecule has 0 atom stereocenters. The minimum Gasteiger partial charge on any atom is -0.369 e. The van der Waals surface area contributed by atoms with Crippen molar-refractivity contribution < 1.29 is 0 Å². The molecule has 4 nitrogen and oxygen atoms in total. The molecule has 2 rings (SSSR count). The Labute approximate surface area is 108 Å². The highest BCUT2D eigenvalue weighted by molar-refractivity contribution is 5.81. The minimum atomic E-state index is 0.617. The van der Waals surface area contributed by atoms with E-state index in [2.05, 4.69) is 41.3 Å². The maximum atomic E-state index is 6.02. The van der Waals surface area contributed by atoms with Gasteiger partial charge in [0, 0.05) is 13.1 Å². The molecule has 98 valence electrons. The predicted octanol–water partition coefficient (Wildman–Crippen LogP) is 2.27. The molecular weight excluding hydrogens is 224 g/mol. The van der Waals surface area contributed by atoms with E-state index in [0.29, 0.717) is 5.95 Å². The molecule has 0 spiro atoms. The van der Waals surface area contributed by atoms with Gasteiger partial charge in [-0.1, -0.05) is 26.0 Å². The van der Waals surface area contributed by atoms with Gasteiger partial charge in [-0.2, -0.15) is 0 Å². The summed E-state index contributed by atoms with van der Waals surface area (Å²) in [5.41, 5.74) is 9.42. The lowest BCUT2D eigenvalue weighted by Gasteiger charge is -2.19. The molecule has 0 saturated carbocycles. The summed E-state index contributed by atoms with van der Waals surface area (Å²) in [5.74, 6) is 0.617. The Kier molecular flexibility index (Phi) is 3.87. The quantitative estimate of drug-likeness (QED) is 0.880. The minimum absolute atomic E-state index is 0.617. The molecule has 2 N–H and O–H groups in total. The normalized spacial score (nSPS) is 11.6. The highest BCUT2D eigenvalue weighted by atomic mass is 15.2. The number of fused-ring (bicyclic) bond motifs is 1. The van der Waals surface area contributed by atoms with Gasteiger partial charge in [0.25, 0.3) is 0 Å². The van der Waals surface area contributed by atoms with Crippen molar-refractivity contribution in [2.75, 3.05) is 25.4 Å². The number of rotatable bonds is 5. The summed E-state index contributed by atoms with van der Waals surface area (Å²) in [4.78, 5) is 6.82. The SMILES string of the molecule is CCN(CC)CCn1c(N)nc2cccc(C)c21. The Morgan fingerprint density at radius 3 is 2.67 bits per heavy atom. The fourth-order valence-corrected chi connectivity index (χ4v) is 2.39. The van der Waals surface area contributed by atoms with Crippen LogP contribution in [-0.4, -0.2) is 34.1 Å². The van der Waals surface area contributed by atoms with E-state index >= 15 is 0 Å². The van der Waals surface area contributed by atoms with E-state index in [9.17, 15) is 0 Å². The van der Waals surface area contributed by atoms with Crippen LogP contribution in [0.25, 0.3) is 11.0 Å². The van der Waals surface area contributed by atoms with E-state index in [-0.39, 0.29) is 0 Å². The molecule has 1 heterocycles. The van der Waals surface area contributed by atoms with Gasteiger partial charge in [0.05, 0.1) is 11.0 Å². The number of benzene rings is 1. The van der Waals surface area contributed by atoms with Crippen LogP contribution in [-0.2, 0) is 6.54 Å². The van der Waals surface area contributed by atoms with Crippen LogP contribution >= 0.6 is 0 Å². The van der Waals surface area contributed by atoms with Crippen LogP contribution < -0.4 is 5.73 Å². The number of nitrogen functional groups attached to an aromatic ring is 1. The first kappa shape index (κ1) is 12.9. The maximum absolute atomic E-state index is 6.02. The monoisotopic (exact) mass is 246 g/mol. The molecule has 0 radical (unpaired) electrons. The van der Waals surface area contributed by atoms with E-state index in [0.717, 1.165) is 31.7 Å². The number of nitrogens with zero attached hydrogens (tertiary/aromatic N) is 3. The van der Waals surface area contributed by atoms with Crippen LogP contribution in [0.15, 0.2) is 18.2 Å². The molecule has 0 unspecified atom stereocenters. The highest BCUT2D eigenvalue weighted by Crippen LogP contribution is 2.21. The number of para-hydroxylation sites is 1. The summed E-state index contributed by atoms with van der Waals surface area (Å²) in [7, 11) is 0. The van der Waals surface area contributed by atoms with Crippen molar-refractivity contribution in [2.45, 2.75) is 27.3 Å². The number of anilines is 1. The van der Waals surface area contributed by atoms with Crippen molar-refractivity contribution in [1.82, 2.24) is 14.5 Å². The molecule has 0 amide bonds. The maximum Gasteiger partial charge on any atom is 0.201 e. The first-order valence-corrected chi connectivity index (χ1v) is 6.61. The zero-order valence-electron chi connectivity index (χ0n) is 11.5. The van der Waals surface area contributed by atoms with Crippen LogP contribution in [0.4, 0.5) is 5.95 Å². The fourth-order valence-electron chi connectivity index (χ4n) is 2.39. The summed E-state index contributed by atoms with van der Waals surface area (Å²) in [5, 5.41) is 0. The highest BCUT2D eigenvalue weighted by Gasteiger charge is 2.10. The van der Waals surface area contributed by atoms with E-state index in [1.165, 1.54) is 11.1 Å². The average molecular weight is 246 g/mol. The number of nitrogens with two attached hydrogens (primary N) is 1. The lowest BCUT2D eigenvalue weighted by molar-refractivity contribution is 0.292. The second-order valence-electron chi connectivity index (χ2n) is 4.59. The number of aromatic nitrogens is 2. The van der Waals surface area contributed by atoms with E-state index < -0.39 is 0 Å². The summed E-state index contributed by atoms with van der Waals surface area (Å²) < 4.78 is 2.13. The number of likely N-dealkylation sites (N-methyl/N-ethyl adjacent to an activating group) is 1. The Morgan fingerprint density at radius 1 is 1.28 bits per heavy atom. The Hall–Kier alpha value is -1.55. The van der Waals surface area contributed by atoms with Crippen LogP contribution in [0, 0.1) is 6.92 Å². The van der Waals surface area contributed by atoms with Gasteiger partial charge >= 0.3 is 0 Å². The Bertz CT molecular complexity index is 526. The summed E-state index contributed by atoms with van der Waals surface area (Å²) in [6, 6.07) is 6.16. The topological polar surface area (TPSA) is 47.1 Å². The van der Waals surface area contributed by atoms with Crippen molar-refractivity contribution in [3.63, 3.8) is 0 Å². The van der Waals surface area contributed by atoms with E-state index in [1.807, 2.05) is 12.1 Å². The van der Waals surface area contributed by atoms with Gasteiger partial charge in [-0.05, 0) is 31.6 Å². The smallest absolute Gasteiger partial charge is 0.201 e. The van der Waals surface area contributed by atoms with Gasteiger partial charge in [0.1, 0.15) is 0 Å². The zero-order valence-corrected chi connectivity index (χ0v) is 11.5. The van der Waals surface area contributed by atoms with E-state index in [1.54, 1.807) is 0 Å². The zero-order chi connectivity index (χ0) is 13.1. The van der Waals surface area contributed by atoms with Crippen LogP contribution in [0.2, 0.25) is 0 Å². The number of hydrogen-bond acceptors (Lipinski definition) is 3. The van der Waals surface area contributed by atoms with Gasteiger partial charge < -0.3 is 15.2 Å². The Balaban J connectivity index is 2.30. The number of aryl methyl sites for hydroxylation is 1. The van der Waals surface area contributed by atoms with E-state index in [4.69, 9.17) is 5.73 Å². The average Bonchev–Trinajstić information content (AvgIpc) is 2.68. The summed E-state index contributed by atoms with van der Waals surface area (Å²) in [6.07, 6.45) is 0. The first-order valence-electron chi connectivity index (χ1n) is 6.61. The van der Waals surface area contributed by atoms with Crippen LogP contribution in [0.5, 0.6) is 0 Å². The molecule has 2 aromatic rings. The van der Waals surface area contributed by atoms with Crippen molar-refractivity contribution in [3.05, 3.63) is 23.8 Å². The van der Waals surface area contributed by atoms with Crippen molar-refractivity contribution >= 4 is 17.0 Å². The molecular formula is C14H22N4. The molecule has 18 heavy (non-hydrogen) atoms. The lowest BCUT2D eigenvalue weighted by atomic mass is 10.2. The molecule has 0 aliphatic heterocycles. The van der Waals surface area contributed by atoms with Gasteiger partial charge in [-0.15, -0.1) is 0 Å². The third-order valence-corrected chi connectivity index (χ3v) is 3.53. The summed E-state index contributed by atoms with van der Waals surface area (Å²) >= 11 is 0. The third kappa shape index (κ3) is 2.34.